The molecule has 59 heavy (non-hydrogen) atoms. The number of hydrogen-bond acceptors (Lipinski definition) is 3. The van der Waals surface area contributed by atoms with Crippen molar-refractivity contribution in [2.45, 2.75) is 6.92 Å². The molecule has 0 bridgehead atoms. The van der Waals surface area contributed by atoms with Crippen molar-refractivity contribution in [1.82, 2.24) is 9.13 Å². The fraction of sp³-hybridized carbons (Fsp3) is 0.0192. The van der Waals surface area contributed by atoms with E-state index in [1.807, 2.05) is 78.9 Å². The second-order valence-corrected chi connectivity index (χ2v) is 15.1. The Morgan fingerprint density at radius 1 is 0.441 bits per heavy atom. The molecule has 8 aromatic carbocycles. The lowest BCUT2D eigenvalue weighted by Gasteiger charge is -2.09. The summed E-state index contributed by atoms with van der Waals surface area (Å²) in [7, 11) is 0. The van der Waals surface area contributed by atoms with Crippen LogP contribution in [0.15, 0.2) is 154 Å². The first-order chi connectivity index (χ1) is 29.0. The number of fused-ring (bicyclic) bond motifs is 12. The zero-order valence-corrected chi connectivity index (χ0v) is 31.4. The Morgan fingerprint density at radius 3 is 1.36 bits per heavy atom. The standard InChI is InChI=1S/C52H27N5O2/c1-29-4-12-37-39-14-8-33(54-2)24-47(39)56(45(37)20-29)35-10-18-51-43(26-35)41-22-31(6-16-49(41)58-51)32-7-17-50-42(23-32)44-27-36(11-19-52(44)59-50)57-46-21-30(28-53)5-13-38(46)40-15-9-34(55-3)25-48(40)57/h4-27H,1H3. The molecule has 0 aliphatic heterocycles. The quantitative estimate of drug-likeness (QED) is 0.169. The minimum absolute atomic E-state index is 0.553. The van der Waals surface area contributed by atoms with Gasteiger partial charge in [-0.25, -0.2) is 9.69 Å². The summed E-state index contributed by atoms with van der Waals surface area (Å²) in [5.74, 6) is 0. The number of nitrogens with zero attached hydrogens (tertiary/aromatic N) is 5. The van der Waals surface area contributed by atoms with Crippen LogP contribution in [-0.2, 0) is 0 Å². The molecule has 7 nitrogen and oxygen atoms in total. The van der Waals surface area contributed by atoms with Crippen molar-refractivity contribution < 1.29 is 8.83 Å². The van der Waals surface area contributed by atoms with Crippen molar-refractivity contribution in [3.63, 3.8) is 0 Å². The van der Waals surface area contributed by atoms with E-state index in [1.165, 1.54) is 5.56 Å². The first-order valence-electron chi connectivity index (χ1n) is 19.2. The second-order valence-electron chi connectivity index (χ2n) is 15.1. The maximum atomic E-state index is 9.79. The van der Waals surface area contributed by atoms with Gasteiger partial charge in [-0.2, -0.15) is 5.26 Å². The van der Waals surface area contributed by atoms with Crippen LogP contribution in [0.2, 0.25) is 0 Å². The minimum Gasteiger partial charge on any atom is -0.456 e. The summed E-state index contributed by atoms with van der Waals surface area (Å²) in [6.07, 6.45) is 0. The van der Waals surface area contributed by atoms with E-state index in [1.54, 1.807) is 0 Å². The summed E-state index contributed by atoms with van der Waals surface area (Å²) >= 11 is 0. The third kappa shape index (κ3) is 4.72. The van der Waals surface area contributed by atoms with Crippen LogP contribution in [0.4, 0.5) is 11.4 Å². The molecular formula is C52H27N5O2. The topological polar surface area (TPSA) is 68.6 Å². The molecule has 0 N–H and O–H groups in total. The van der Waals surface area contributed by atoms with Gasteiger partial charge in [-0.3, -0.25) is 0 Å². The van der Waals surface area contributed by atoms with Gasteiger partial charge in [0.05, 0.1) is 35.8 Å². The molecule has 0 aliphatic rings. The normalized spacial score (nSPS) is 11.8. The average Bonchev–Trinajstić information content (AvgIpc) is 4.01. The fourth-order valence-corrected chi connectivity index (χ4v) is 9.06. The van der Waals surface area contributed by atoms with E-state index in [9.17, 15) is 5.26 Å². The number of aryl methyl sites for hydroxylation is 1. The van der Waals surface area contributed by atoms with E-state index in [2.05, 4.69) is 98.5 Å². The molecule has 0 spiro atoms. The fourth-order valence-electron chi connectivity index (χ4n) is 9.06. The first kappa shape index (κ1) is 32.7. The lowest BCUT2D eigenvalue weighted by atomic mass is 10.0. The van der Waals surface area contributed by atoms with Gasteiger partial charge in [0.25, 0.3) is 0 Å². The molecule has 0 amide bonds. The number of rotatable bonds is 3. The molecular weight excluding hydrogens is 727 g/mol. The van der Waals surface area contributed by atoms with Crippen molar-refractivity contribution in [1.29, 1.82) is 5.26 Å². The third-order valence-electron chi connectivity index (χ3n) is 11.8. The van der Waals surface area contributed by atoms with Crippen LogP contribution in [0.1, 0.15) is 11.1 Å². The number of benzene rings is 8. The number of nitriles is 1. The molecule has 4 heterocycles. The van der Waals surface area contributed by atoms with Gasteiger partial charge >= 0.3 is 0 Å². The van der Waals surface area contributed by atoms with Crippen molar-refractivity contribution in [3.8, 4) is 28.6 Å². The molecule has 0 saturated heterocycles. The van der Waals surface area contributed by atoms with E-state index in [0.29, 0.717) is 16.9 Å². The highest BCUT2D eigenvalue weighted by atomic mass is 16.3. The van der Waals surface area contributed by atoms with Gasteiger partial charge in [0.2, 0.25) is 0 Å². The minimum atomic E-state index is 0.553. The van der Waals surface area contributed by atoms with E-state index in [-0.39, 0.29) is 0 Å². The molecule has 0 saturated carbocycles. The van der Waals surface area contributed by atoms with Gasteiger partial charge in [0.1, 0.15) is 22.3 Å². The Balaban J connectivity index is 1.02. The molecule has 0 aliphatic carbocycles. The maximum Gasteiger partial charge on any atom is 0.189 e. The highest BCUT2D eigenvalue weighted by Gasteiger charge is 2.19. The van der Waals surface area contributed by atoms with Crippen LogP contribution in [0.3, 0.4) is 0 Å². The summed E-state index contributed by atoms with van der Waals surface area (Å²) in [5.41, 5.74) is 14.0. The van der Waals surface area contributed by atoms with Crippen LogP contribution in [0, 0.1) is 31.4 Å². The highest BCUT2D eigenvalue weighted by Crippen LogP contribution is 2.41. The number of aromatic nitrogens is 2. The van der Waals surface area contributed by atoms with Crippen molar-refractivity contribution in [3.05, 3.63) is 180 Å². The van der Waals surface area contributed by atoms with E-state index in [0.717, 1.165) is 110 Å². The number of furan rings is 2. The van der Waals surface area contributed by atoms with Gasteiger partial charge < -0.3 is 18.0 Å². The zero-order valence-electron chi connectivity index (χ0n) is 31.4. The number of hydrogen-bond donors (Lipinski definition) is 0. The van der Waals surface area contributed by atoms with Gasteiger partial charge in [-0.1, -0.05) is 54.6 Å². The first-order valence-corrected chi connectivity index (χ1v) is 19.2. The molecule has 12 aromatic rings. The Kier molecular flexibility index (Phi) is 6.62. The molecule has 4 aromatic heterocycles. The van der Waals surface area contributed by atoms with E-state index < -0.39 is 0 Å². The highest BCUT2D eigenvalue weighted by molar-refractivity contribution is 6.14. The maximum absolute atomic E-state index is 9.79. The predicted octanol–water partition coefficient (Wildman–Crippen LogP) is 14.6. The lowest BCUT2D eigenvalue weighted by molar-refractivity contribution is 0.668. The third-order valence-corrected chi connectivity index (χ3v) is 11.8. The monoisotopic (exact) mass is 753 g/mol. The largest absolute Gasteiger partial charge is 0.456 e. The Bertz CT molecular complexity index is 3890. The molecule has 272 valence electrons. The SMILES string of the molecule is [C-]#[N+]c1ccc2c3ccc(C)cc3n(-c3ccc4oc5ccc(-c6ccc7oc8ccc(-n9c%10cc(C#N)ccc%10c%10ccc([N+]#[C-])cc%109)cc8c7c6)cc5c4c3)c2c1. The van der Waals surface area contributed by atoms with E-state index in [4.69, 9.17) is 22.0 Å². The summed E-state index contributed by atoms with van der Waals surface area (Å²) in [6, 6.07) is 51.4. The van der Waals surface area contributed by atoms with Crippen molar-refractivity contribution >= 4 is 98.9 Å². The summed E-state index contributed by atoms with van der Waals surface area (Å²) < 4.78 is 17.2. The predicted molar refractivity (Wildman–Crippen MR) is 237 cm³/mol. The van der Waals surface area contributed by atoms with Crippen molar-refractivity contribution in [2.75, 3.05) is 0 Å². The van der Waals surface area contributed by atoms with Gasteiger partial charge in [0, 0.05) is 65.5 Å². The van der Waals surface area contributed by atoms with Gasteiger partial charge in [-0.05, 0) is 115 Å². The van der Waals surface area contributed by atoms with Crippen LogP contribution in [0.25, 0.3) is 120 Å². The lowest BCUT2D eigenvalue weighted by Crippen LogP contribution is -1.93. The summed E-state index contributed by atoms with van der Waals surface area (Å²) in [4.78, 5) is 7.45. The molecule has 0 radical (unpaired) electrons. The van der Waals surface area contributed by atoms with Crippen LogP contribution >= 0.6 is 0 Å². The molecule has 0 atom stereocenters. The Hall–Kier alpha value is -8.57. The molecule has 0 unspecified atom stereocenters. The summed E-state index contributed by atoms with van der Waals surface area (Å²) in [5, 5.41) is 18.1. The smallest absolute Gasteiger partial charge is 0.189 e. The zero-order chi connectivity index (χ0) is 39.5. The van der Waals surface area contributed by atoms with Gasteiger partial charge in [0.15, 0.2) is 11.4 Å². The summed E-state index contributed by atoms with van der Waals surface area (Å²) in [6.45, 7) is 17.5. The van der Waals surface area contributed by atoms with Gasteiger partial charge in [-0.15, -0.1) is 0 Å². The molecule has 0 fully saturated rings. The van der Waals surface area contributed by atoms with Crippen molar-refractivity contribution in [2.24, 2.45) is 0 Å². The Morgan fingerprint density at radius 2 is 0.864 bits per heavy atom. The second kappa shape index (κ2) is 12.0. The van der Waals surface area contributed by atoms with Crippen LogP contribution in [0.5, 0.6) is 0 Å². The van der Waals surface area contributed by atoms with Crippen LogP contribution in [-0.4, -0.2) is 9.13 Å². The van der Waals surface area contributed by atoms with Crippen LogP contribution < -0.4 is 0 Å². The molecule has 7 heteroatoms. The Labute approximate surface area is 336 Å². The van der Waals surface area contributed by atoms with E-state index >= 15 is 0 Å². The average molecular weight is 754 g/mol. The molecule has 12 rings (SSSR count).